The van der Waals surface area contributed by atoms with Crippen molar-refractivity contribution in [2.75, 3.05) is 0 Å². The maximum atomic E-state index is 13.4. The molecule has 1 atom stereocenters. The number of carbonyl (C=O) groups excluding carboxylic acids is 1. The fourth-order valence-corrected chi connectivity index (χ4v) is 2.77. The van der Waals surface area contributed by atoms with Crippen LogP contribution < -0.4 is 0 Å². The first kappa shape index (κ1) is 15.3. The molecule has 0 N–H and O–H groups in total. The minimum Gasteiger partial charge on any atom is -0.448 e. The highest BCUT2D eigenvalue weighted by Gasteiger charge is 2.44. The van der Waals surface area contributed by atoms with Crippen LogP contribution in [0.1, 0.15) is 18.6 Å². The molecule has 3 rings (SSSR count). The van der Waals surface area contributed by atoms with Crippen molar-refractivity contribution in [2.45, 2.75) is 19.2 Å². The molecular weight excluding hydrogens is 305 g/mol. The highest BCUT2D eigenvalue weighted by atomic mass is 19.4. The van der Waals surface area contributed by atoms with Gasteiger partial charge in [0.15, 0.2) is 0 Å². The second-order valence-corrected chi connectivity index (χ2v) is 5.26. The highest BCUT2D eigenvalue weighted by Crippen LogP contribution is 2.41. The third-order valence-electron chi connectivity index (χ3n) is 3.66. The lowest BCUT2D eigenvalue weighted by molar-refractivity contribution is -0.222. The summed E-state index contributed by atoms with van der Waals surface area (Å²) in [6, 6.07) is 15.5. The Balaban J connectivity index is 2.35. The SMILES string of the molecule is CC(=O)O[C@@H](c1cc2ccccc2c2ccccc12)C(F)(F)F. The molecule has 0 aliphatic heterocycles. The molecule has 0 spiro atoms. The maximum Gasteiger partial charge on any atom is 0.429 e. The van der Waals surface area contributed by atoms with E-state index in [1.165, 1.54) is 6.07 Å². The Bertz CT molecular complexity index is 884. The monoisotopic (exact) mass is 318 g/mol. The Morgan fingerprint density at radius 2 is 1.52 bits per heavy atom. The fourth-order valence-electron chi connectivity index (χ4n) is 2.77. The number of fused-ring (bicyclic) bond motifs is 3. The standard InChI is InChI=1S/C18H13F3O2/c1-11(22)23-17(18(19,20)21)16-10-12-6-2-3-7-13(12)14-8-4-5-9-15(14)16/h2-10,17H,1H3/t17-/m0/s1. The van der Waals surface area contributed by atoms with Crippen LogP contribution >= 0.6 is 0 Å². The molecule has 0 saturated carbocycles. The Kier molecular flexibility index (Phi) is 3.72. The number of halogens is 3. The van der Waals surface area contributed by atoms with Crippen molar-refractivity contribution in [3.8, 4) is 0 Å². The molecule has 23 heavy (non-hydrogen) atoms. The molecule has 0 saturated heterocycles. The van der Waals surface area contributed by atoms with Gasteiger partial charge in [-0.1, -0.05) is 48.5 Å². The van der Waals surface area contributed by atoms with E-state index in [9.17, 15) is 18.0 Å². The highest BCUT2D eigenvalue weighted by molar-refractivity contribution is 6.09. The van der Waals surface area contributed by atoms with Gasteiger partial charge in [0.1, 0.15) is 0 Å². The van der Waals surface area contributed by atoms with Gasteiger partial charge in [-0.3, -0.25) is 4.79 Å². The molecule has 5 heteroatoms. The summed E-state index contributed by atoms with van der Waals surface area (Å²) in [5, 5.41) is 2.65. The number of benzene rings is 3. The van der Waals surface area contributed by atoms with Gasteiger partial charge in [0.2, 0.25) is 6.10 Å². The summed E-state index contributed by atoms with van der Waals surface area (Å²) in [4.78, 5) is 11.2. The smallest absolute Gasteiger partial charge is 0.429 e. The van der Waals surface area contributed by atoms with Crippen LogP contribution in [0.25, 0.3) is 21.5 Å². The van der Waals surface area contributed by atoms with Gasteiger partial charge in [-0.25, -0.2) is 0 Å². The quantitative estimate of drug-likeness (QED) is 0.482. The molecule has 0 unspecified atom stereocenters. The normalized spacial score (nSPS) is 13.2. The van der Waals surface area contributed by atoms with Crippen LogP contribution in [0.15, 0.2) is 54.6 Å². The van der Waals surface area contributed by atoms with Gasteiger partial charge in [-0.15, -0.1) is 0 Å². The number of carbonyl (C=O) groups is 1. The molecule has 3 aromatic rings. The summed E-state index contributed by atoms with van der Waals surface area (Å²) in [7, 11) is 0. The van der Waals surface area contributed by atoms with Crippen molar-refractivity contribution in [1.82, 2.24) is 0 Å². The minimum absolute atomic E-state index is 0.0537. The van der Waals surface area contributed by atoms with E-state index in [1.54, 1.807) is 36.4 Å². The van der Waals surface area contributed by atoms with Crippen LogP contribution in [0.2, 0.25) is 0 Å². The summed E-state index contributed by atoms with van der Waals surface area (Å²) in [6.45, 7) is 0.974. The topological polar surface area (TPSA) is 26.3 Å². The molecule has 0 aliphatic carbocycles. The van der Waals surface area contributed by atoms with Crippen LogP contribution in [0.3, 0.4) is 0 Å². The first-order valence-electron chi connectivity index (χ1n) is 7.02. The average Bonchev–Trinajstić information content (AvgIpc) is 2.51. The van der Waals surface area contributed by atoms with E-state index in [0.717, 1.165) is 12.3 Å². The van der Waals surface area contributed by atoms with Crippen molar-refractivity contribution < 1.29 is 22.7 Å². The molecule has 118 valence electrons. The maximum absolute atomic E-state index is 13.4. The first-order valence-corrected chi connectivity index (χ1v) is 7.02. The van der Waals surface area contributed by atoms with E-state index >= 15 is 0 Å². The number of hydrogen-bond donors (Lipinski definition) is 0. The second-order valence-electron chi connectivity index (χ2n) is 5.26. The van der Waals surface area contributed by atoms with E-state index in [0.29, 0.717) is 16.2 Å². The second kappa shape index (κ2) is 5.57. The number of ether oxygens (including phenoxy) is 1. The van der Waals surface area contributed by atoms with E-state index in [1.807, 2.05) is 12.1 Å². The van der Waals surface area contributed by atoms with Crippen molar-refractivity contribution in [3.05, 3.63) is 60.2 Å². The summed E-state index contributed by atoms with van der Waals surface area (Å²) in [5.41, 5.74) is -0.0537. The summed E-state index contributed by atoms with van der Waals surface area (Å²) in [5.74, 6) is -0.968. The van der Waals surface area contributed by atoms with Crippen LogP contribution in [0.4, 0.5) is 13.2 Å². The average molecular weight is 318 g/mol. The predicted molar refractivity (Wildman–Crippen MR) is 82.0 cm³/mol. The molecule has 0 aromatic heterocycles. The molecule has 0 heterocycles. The van der Waals surface area contributed by atoms with Gasteiger partial charge in [0.05, 0.1) is 0 Å². The van der Waals surface area contributed by atoms with Crippen LogP contribution in [-0.4, -0.2) is 12.1 Å². The number of rotatable bonds is 2. The predicted octanol–water partition coefficient (Wildman–Crippen LogP) is 5.16. The largest absolute Gasteiger partial charge is 0.448 e. The number of hydrogen-bond acceptors (Lipinski definition) is 2. The third kappa shape index (κ3) is 2.86. The van der Waals surface area contributed by atoms with Gasteiger partial charge in [0, 0.05) is 12.5 Å². The van der Waals surface area contributed by atoms with E-state index in [4.69, 9.17) is 0 Å². The van der Waals surface area contributed by atoms with Crippen LogP contribution in [0, 0.1) is 0 Å². The zero-order valence-electron chi connectivity index (χ0n) is 12.2. The summed E-state index contributed by atoms with van der Waals surface area (Å²) >= 11 is 0. The molecule has 0 fully saturated rings. The molecular formula is C18H13F3O2. The van der Waals surface area contributed by atoms with Gasteiger partial charge >= 0.3 is 12.1 Å². The Morgan fingerprint density at radius 3 is 2.13 bits per heavy atom. The van der Waals surface area contributed by atoms with Gasteiger partial charge < -0.3 is 4.74 Å². The van der Waals surface area contributed by atoms with Gasteiger partial charge in [-0.2, -0.15) is 13.2 Å². The molecule has 0 aliphatic rings. The van der Waals surface area contributed by atoms with Crippen molar-refractivity contribution in [2.24, 2.45) is 0 Å². The van der Waals surface area contributed by atoms with E-state index in [2.05, 4.69) is 4.74 Å². The Labute approximate surface area is 130 Å². The van der Waals surface area contributed by atoms with Gasteiger partial charge in [0.25, 0.3) is 0 Å². The summed E-state index contributed by atoms with van der Waals surface area (Å²) < 4.78 is 44.8. The Hall–Kier alpha value is -2.56. The van der Waals surface area contributed by atoms with Crippen LogP contribution in [0.5, 0.6) is 0 Å². The van der Waals surface area contributed by atoms with Crippen molar-refractivity contribution >= 4 is 27.5 Å². The third-order valence-corrected chi connectivity index (χ3v) is 3.66. The van der Waals surface area contributed by atoms with Crippen molar-refractivity contribution in [3.63, 3.8) is 0 Å². The summed E-state index contributed by atoms with van der Waals surface area (Å²) in [6.07, 6.45) is -6.97. The lowest BCUT2D eigenvalue weighted by Gasteiger charge is -2.22. The number of alkyl halides is 3. The molecule has 0 bridgehead atoms. The lowest BCUT2D eigenvalue weighted by Crippen LogP contribution is -2.25. The van der Waals surface area contributed by atoms with Gasteiger partial charge in [-0.05, 0) is 27.6 Å². The van der Waals surface area contributed by atoms with E-state index < -0.39 is 18.2 Å². The zero-order chi connectivity index (χ0) is 16.6. The fraction of sp³-hybridized carbons (Fsp3) is 0.167. The molecule has 0 amide bonds. The Morgan fingerprint density at radius 1 is 0.957 bits per heavy atom. The lowest BCUT2D eigenvalue weighted by atomic mass is 9.94. The zero-order valence-corrected chi connectivity index (χ0v) is 12.2. The van der Waals surface area contributed by atoms with Crippen molar-refractivity contribution in [1.29, 1.82) is 0 Å². The molecule has 3 aromatic carbocycles. The molecule has 0 radical (unpaired) electrons. The number of esters is 1. The first-order chi connectivity index (χ1) is 10.9. The van der Waals surface area contributed by atoms with Crippen LogP contribution in [-0.2, 0) is 9.53 Å². The molecule has 2 nitrogen and oxygen atoms in total. The van der Waals surface area contributed by atoms with E-state index in [-0.39, 0.29) is 5.56 Å². The minimum atomic E-state index is -4.68.